The molecule has 0 aliphatic heterocycles. The van der Waals surface area contributed by atoms with E-state index in [0.717, 1.165) is 24.2 Å². The summed E-state index contributed by atoms with van der Waals surface area (Å²) in [5, 5.41) is 2.95. The quantitative estimate of drug-likeness (QED) is 0.722. The van der Waals surface area contributed by atoms with Gasteiger partial charge in [-0.3, -0.25) is 0 Å². The van der Waals surface area contributed by atoms with Gasteiger partial charge in [-0.2, -0.15) is 9.97 Å². The van der Waals surface area contributed by atoms with Crippen molar-refractivity contribution in [2.75, 3.05) is 24.7 Å². The largest absolute Gasteiger partial charge is 0.463 e. The molecule has 0 radical (unpaired) electrons. The number of rotatable bonds is 5. The van der Waals surface area contributed by atoms with Crippen molar-refractivity contribution in [2.45, 2.75) is 26.7 Å². The van der Waals surface area contributed by atoms with Gasteiger partial charge in [0.25, 0.3) is 0 Å². The van der Waals surface area contributed by atoms with Gasteiger partial charge in [0, 0.05) is 7.05 Å². The molecule has 5 heteroatoms. The van der Waals surface area contributed by atoms with Crippen LogP contribution in [0.2, 0.25) is 0 Å². The molecule has 5 nitrogen and oxygen atoms in total. The number of hydrogen-bond donors (Lipinski definition) is 2. The van der Waals surface area contributed by atoms with Crippen LogP contribution < -0.4 is 15.8 Å². The van der Waals surface area contributed by atoms with Crippen LogP contribution in [-0.2, 0) is 0 Å². The molecule has 0 saturated carbocycles. The number of aromatic nitrogens is 2. The molecular weight excluding hydrogens is 192 g/mol. The summed E-state index contributed by atoms with van der Waals surface area (Å²) < 4.78 is 5.38. The first kappa shape index (κ1) is 11.6. The van der Waals surface area contributed by atoms with E-state index in [2.05, 4.69) is 22.2 Å². The van der Waals surface area contributed by atoms with Gasteiger partial charge in [-0.05, 0) is 13.3 Å². The monoisotopic (exact) mass is 210 g/mol. The topological polar surface area (TPSA) is 73.1 Å². The van der Waals surface area contributed by atoms with Crippen LogP contribution in [0.15, 0.2) is 0 Å². The van der Waals surface area contributed by atoms with Crippen molar-refractivity contribution < 1.29 is 4.74 Å². The smallest absolute Gasteiger partial charge is 0.318 e. The number of nitrogens with two attached hydrogens (primary N) is 1. The number of nitrogens with one attached hydrogen (secondary N) is 1. The molecule has 0 spiro atoms. The van der Waals surface area contributed by atoms with Crippen molar-refractivity contribution >= 4 is 11.5 Å². The average molecular weight is 210 g/mol. The first-order valence-corrected chi connectivity index (χ1v) is 5.13. The molecule has 0 saturated heterocycles. The molecule has 0 unspecified atom stereocenters. The summed E-state index contributed by atoms with van der Waals surface area (Å²) >= 11 is 0. The van der Waals surface area contributed by atoms with Crippen LogP contribution in [0.4, 0.5) is 11.5 Å². The zero-order valence-electron chi connectivity index (χ0n) is 9.50. The van der Waals surface area contributed by atoms with Crippen molar-refractivity contribution in [3.8, 4) is 6.01 Å². The lowest BCUT2D eigenvalue weighted by Crippen LogP contribution is -2.07. The van der Waals surface area contributed by atoms with Gasteiger partial charge in [-0.15, -0.1) is 0 Å². The molecule has 0 aromatic carbocycles. The van der Waals surface area contributed by atoms with E-state index >= 15 is 0 Å². The van der Waals surface area contributed by atoms with Crippen LogP contribution in [0.25, 0.3) is 0 Å². The summed E-state index contributed by atoms with van der Waals surface area (Å²) in [6.45, 7) is 4.61. The highest BCUT2D eigenvalue weighted by Gasteiger charge is 2.07. The van der Waals surface area contributed by atoms with Crippen LogP contribution in [0.3, 0.4) is 0 Å². The third-order valence-corrected chi connectivity index (χ3v) is 2.08. The van der Waals surface area contributed by atoms with Crippen LogP contribution in [0, 0.1) is 6.92 Å². The van der Waals surface area contributed by atoms with Crippen molar-refractivity contribution in [3.05, 3.63) is 5.69 Å². The van der Waals surface area contributed by atoms with Gasteiger partial charge >= 0.3 is 6.01 Å². The van der Waals surface area contributed by atoms with Crippen molar-refractivity contribution in [1.82, 2.24) is 9.97 Å². The maximum Gasteiger partial charge on any atom is 0.318 e. The molecule has 84 valence electrons. The Balaban J connectivity index is 2.75. The highest BCUT2D eigenvalue weighted by molar-refractivity contribution is 5.64. The maximum absolute atomic E-state index is 5.74. The standard InChI is InChI=1S/C10H18N4O/c1-4-5-6-15-10-13-7(2)8(12-3)9(11)14-10/h12H,4-6H2,1-3H3,(H2,11,13,14). The summed E-state index contributed by atoms with van der Waals surface area (Å²) in [4.78, 5) is 8.26. The highest BCUT2D eigenvalue weighted by Crippen LogP contribution is 2.21. The Morgan fingerprint density at radius 2 is 2.13 bits per heavy atom. The minimum atomic E-state index is 0.359. The van der Waals surface area contributed by atoms with Gasteiger partial charge in [0.05, 0.1) is 18.0 Å². The summed E-state index contributed by atoms with van der Waals surface area (Å²) in [6.07, 6.45) is 2.08. The first-order valence-electron chi connectivity index (χ1n) is 5.13. The molecule has 0 amide bonds. The third kappa shape index (κ3) is 2.97. The van der Waals surface area contributed by atoms with Gasteiger partial charge in [-0.1, -0.05) is 13.3 Å². The molecular formula is C10H18N4O. The van der Waals surface area contributed by atoms with Crippen LogP contribution in [-0.4, -0.2) is 23.6 Å². The summed E-state index contributed by atoms with van der Waals surface area (Å²) in [6, 6.07) is 0.359. The number of anilines is 2. The van der Waals surface area contributed by atoms with Crippen molar-refractivity contribution in [2.24, 2.45) is 0 Å². The number of hydrogen-bond acceptors (Lipinski definition) is 5. The number of unbranched alkanes of at least 4 members (excludes halogenated alkanes) is 1. The van der Waals surface area contributed by atoms with Gasteiger partial charge < -0.3 is 15.8 Å². The summed E-state index contributed by atoms with van der Waals surface area (Å²) in [7, 11) is 1.79. The van der Waals surface area contributed by atoms with E-state index in [-0.39, 0.29) is 0 Å². The molecule has 1 heterocycles. The first-order chi connectivity index (χ1) is 7.19. The SMILES string of the molecule is CCCCOc1nc(C)c(NC)c(N)n1. The van der Waals surface area contributed by atoms with Crippen LogP contribution in [0.5, 0.6) is 6.01 Å². The Bertz CT molecular complexity index is 304. The third-order valence-electron chi connectivity index (χ3n) is 2.08. The molecule has 0 bridgehead atoms. The highest BCUT2D eigenvalue weighted by atomic mass is 16.5. The number of aryl methyl sites for hydroxylation is 1. The summed E-state index contributed by atoms with van der Waals surface area (Å²) in [5.74, 6) is 0.427. The van der Waals surface area contributed by atoms with Gasteiger partial charge in [0.15, 0.2) is 5.82 Å². The van der Waals surface area contributed by atoms with E-state index in [4.69, 9.17) is 10.5 Å². The maximum atomic E-state index is 5.74. The molecule has 0 aliphatic carbocycles. The van der Waals surface area contributed by atoms with Crippen molar-refractivity contribution in [3.63, 3.8) is 0 Å². The van der Waals surface area contributed by atoms with Gasteiger partial charge in [0.2, 0.25) is 0 Å². The Morgan fingerprint density at radius 1 is 1.40 bits per heavy atom. The van der Waals surface area contributed by atoms with Crippen molar-refractivity contribution in [1.29, 1.82) is 0 Å². The molecule has 0 aliphatic rings. The molecule has 3 N–H and O–H groups in total. The lowest BCUT2D eigenvalue weighted by atomic mass is 10.3. The lowest BCUT2D eigenvalue weighted by molar-refractivity contribution is 0.285. The van der Waals surface area contributed by atoms with Crippen LogP contribution >= 0.6 is 0 Å². The Kier molecular flexibility index (Phi) is 4.15. The Labute approximate surface area is 90.1 Å². The molecule has 1 rings (SSSR count). The fourth-order valence-electron chi connectivity index (χ4n) is 1.25. The van der Waals surface area contributed by atoms with E-state index in [1.54, 1.807) is 7.05 Å². The Morgan fingerprint density at radius 3 is 2.67 bits per heavy atom. The zero-order valence-corrected chi connectivity index (χ0v) is 9.50. The Hall–Kier alpha value is -1.52. The predicted molar refractivity (Wildman–Crippen MR) is 61.1 cm³/mol. The zero-order chi connectivity index (χ0) is 11.3. The normalized spacial score (nSPS) is 10.1. The molecule has 15 heavy (non-hydrogen) atoms. The second kappa shape index (κ2) is 5.38. The van der Waals surface area contributed by atoms with E-state index in [0.29, 0.717) is 18.4 Å². The predicted octanol–water partition coefficient (Wildman–Crippen LogP) is 1.59. The van der Waals surface area contributed by atoms with Gasteiger partial charge in [-0.25, -0.2) is 0 Å². The van der Waals surface area contributed by atoms with E-state index in [1.165, 1.54) is 0 Å². The summed E-state index contributed by atoms with van der Waals surface area (Å²) in [5.41, 5.74) is 7.31. The number of nitrogen functional groups attached to an aromatic ring is 1. The minimum absolute atomic E-state index is 0.359. The number of nitrogens with zero attached hydrogens (tertiary/aromatic N) is 2. The fourth-order valence-corrected chi connectivity index (χ4v) is 1.25. The van der Waals surface area contributed by atoms with Gasteiger partial charge in [0.1, 0.15) is 0 Å². The van der Waals surface area contributed by atoms with E-state index < -0.39 is 0 Å². The second-order valence-electron chi connectivity index (χ2n) is 3.30. The molecule has 1 aromatic heterocycles. The second-order valence-corrected chi connectivity index (χ2v) is 3.30. The number of ether oxygens (including phenoxy) is 1. The van der Waals surface area contributed by atoms with Crippen LogP contribution in [0.1, 0.15) is 25.5 Å². The molecule has 1 aromatic rings. The minimum Gasteiger partial charge on any atom is -0.463 e. The lowest BCUT2D eigenvalue weighted by Gasteiger charge is -2.09. The molecule has 0 fully saturated rings. The van der Waals surface area contributed by atoms with E-state index in [9.17, 15) is 0 Å². The fraction of sp³-hybridized carbons (Fsp3) is 0.600. The molecule has 0 atom stereocenters. The average Bonchev–Trinajstić information content (AvgIpc) is 2.18. The van der Waals surface area contributed by atoms with E-state index in [1.807, 2.05) is 6.92 Å².